The van der Waals surface area contributed by atoms with Gasteiger partial charge in [-0.2, -0.15) is 0 Å². The summed E-state index contributed by atoms with van der Waals surface area (Å²) in [4.78, 5) is 20.1. The number of nitro groups is 1. The molecular formula is C20H22N4O2S. The summed E-state index contributed by atoms with van der Waals surface area (Å²) in [5.41, 5.74) is 3.68. The summed E-state index contributed by atoms with van der Waals surface area (Å²) in [6.07, 6.45) is 1.09. The normalized spacial score (nSPS) is 15.8. The molecule has 0 atom stereocenters. The Morgan fingerprint density at radius 2 is 2.00 bits per heavy atom. The Kier molecular flexibility index (Phi) is 5.05. The van der Waals surface area contributed by atoms with Gasteiger partial charge < -0.3 is 4.90 Å². The highest BCUT2D eigenvalue weighted by Crippen LogP contribution is 2.32. The van der Waals surface area contributed by atoms with Gasteiger partial charge in [0.1, 0.15) is 0 Å². The topological polar surface area (TPSA) is 62.5 Å². The summed E-state index contributed by atoms with van der Waals surface area (Å²) in [7, 11) is 0. The second-order valence-corrected chi connectivity index (χ2v) is 7.96. The largest absolute Gasteiger partial charge is 0.347 e. The molecule has 0 spiro atoms. The molecular weight excluding hydrogens is 360 g/mol. The van der Waals surface area contributed by atoms with Crippen LogP contribution in [0.15, 0.2) is 42.5 Å². The van der Waals surface area contributed by atoms with Crippen molar-refractivity contribution >= 4 is 32.4 Å². The maximum Gasteiger partial charge on any atom is 0.270 e. The van der Waals surface area contributed by atoms with Gasteiger partial charge in [0.2, 0.25) is 0 Å². The van der Waals surface area contributed by atoms with E-state index in [-0.39, 0.29) is 10.6 Å². The number of rotatable bonds is 4. The van der Waals surface area contributed by atoms with Crippen LogP contribution in [0.2, 0.25) is 0 Å². The average molecular weight is 382 g/mol. The van der Waals surface area contributed by atoms with Crippen molar-refractivity contribution in [3.8, 4) is 0 Å². The Bertz CT molecular complexity index is 972. The Morgan fingerprint density at radius 1 is 1.15 bits per heavy atom. The van der Waals surface area contributed by atoms with E-state index < -0.39 is 0 Å². The summed E-state index contributed by atoms with van der Waals surface area (Å²) < 4.78 is 0.875. The summed E-state index contributed by atoms with van der Waals surface area (Å²) in [6, 6.07) is 13.5. The van der Waals surface area contributed by atoms with Crippen LogP contribution in [-0.2, 0) is 6.54 Å². The molecule has 6 nitrogen and oxygen atoms in total. The van der Waals surface area contributed by atoms with Gasteiger partial charge >= 0.3 is 0 Å². The summed E-state index contributed by atoms with van der Waals surface area (Å²) in [6.45, 7) is 7.10. The van der Waals surface area contributed by atoms with Crippen molar-refractivity contribution in [2.75, 3.05) is 31.1 Å². The fourth-order valence-electron chi connectivity index (χ4n) is 3.50. The number of nitrogens with zero attached hydrogens (tertiary/aromatic N) is 4. The van der Waals surface area contributed by atoms with Gasteiger partial charge in [0.25, 0.3) is 5.69 Å². The van der Waals surface area contributed by atoms with E-state index in [1.54, 1.807) is 23.5 Å². The van der Waals surface area contributed by atoms with Crippen molar-refractivity contribution in [1.82, 2.24) is 9.88 Å². The molecule has 0 saturated carbocycles. The highest BCUT2D eigenvalue weighted by atomic mass is 32.1. The lowest BCUT2D eigenvalue weighted by molar-refractivity contribution is -0.384. The van der Waals surface area contributed by atoms with Gasteiger partial charge in [-0.25, -0.2) is 4.98 Å². The summed E-state index contributed by atoms with van der Waals surface area (Å²) in [5, 5.41) is 11.9. The van der Waals surface area contributed by atoms with Crippen LogP contribution in [0.5, 0.6) is 0 Å². The molecule has 0 amide bonds. The van der Waals surface area contributed by atoms with Gasteiger partial charge in [0, 0.05) is 44.9 Å². The van der Waals surface area contributed by atoms with E-state index in [4.69, 9.17) is 4.98 Å². The van der Waals surface area contributed by atoms with E-state index in [0.717, 1.165) is 54.5 Å². The van der Waals surface area contributed by atoms with E-state index in [0.29, 0.717) is 0 Å². The highest BCUT2D eigenvalue weighted by molar-refractivity contribution is 7.22. The van der Waals surface area contributed by atoms with Crippen LogP contribution in [0.4, 0.5) is 10.8 Å². The number of benzene rings is 2. The van der Waals surface area contributed by atoms with Crippen LogP contribution in [-0.4, -0.2) is 41.0 Å². The molecule has 1 saturated heterocycles. The fraction of sp³-hybridized carbons (Fsp3) is 0.350. The van der Waals surface area contributed by atoms with Crippen LogP contribution in [0.3, 0.4) is 0 Å². The average Bonchev–Trinajstić information content (AvgIpc) is 2.95. The van der Waals surface area contributed by atoms with Crippen LogP contribution in [0.25, 0.3) is 10.2 Å². The third-order valence-electron chi connectivity index (χ3n) is 5.09. The lowest BCUT2D eigenvalue weighted by atomic mass is 10.1. The number of non-ortho nitro benzene ring substituents is 1. The van der Waals surface area contributed by atoms with Crippen molar-refractivity contribution in [2.45, 2.75) is 19.9 Å². The van der Waals surface area contributed by atoms with Gasteiger partial charge in [-0.05, 0) is 30.5 Å². The number of thiazole rings is 1. The Labute approximate surface area is 162 Å². The maximum absolute atomic E-state index is 11.0. The molecule has 4 rings (SSSR count). The first-order valence-electron chi connectivity index (χ1n) is 9.17. The number of aromatic nitrogens is 1. The molecule has 0 aliphatic carbocycles. The van der Waals surface area contributed by atoms with Crippen molar-refractivity contribution in [3.63, 3.8) is 0 Å². The first kappa shape index (κ1) is 17.9. The van der Waals surface area contributed by atoms with Crippen molar-refractivity contribution < 1.29 is 4.92 Å². The van der Waals surface area contributed by atoms with Gasteiger partial charge in [0.15, 0.2) is 5.13 Å². The monoisotopic (exact) mass is 382 g/mol. The summed E-state index contributed by atoms with van der Waals surface area (Å²) >= 11 is 1.54. The first-order valence-corrected chi connectivity index (χ1v) is 9.98. The van der Waals surface area contributed by atoms with Crippen molar-refractivity contribution in [1.29, 1.82) is 0 Å². The number of anilines is 1. The predicted molar refractivity (Wildman–Crippen MR) is 110 cm³/mol. The molecule has 1 aliphatic heterocycles. The molecule has 3 aromatic rings. The number of aryl methyl sites for hydroxylation is 1. The van der Waals surface area contributed by atoms with Crippen molar-refractivity contribution in [2.24, 2.45) is 0 Å². The zero-order valence-electron chi connectivity index (χ0n) is 15.3. The minimum Gasteiger partial charge on any atom is -0.347 e. The van der Waals surface area contributed by atoms with E-state index in [1.165, 1.54) is 17.2 Å². The maximum atomic E-state index is 11.0. The second-order valence-electron chi connectivity index (χ2n) is 6.95. The third-order valence-corrected chi connectivity index (χ3v) is 6.16. The first-order chi connectivity index (χ1) is 13.1. The molecule has 0 N–H and O–H groups in total. The summed E-state index contributed by atoms with van der Waals surface area (Å²) in [5.74, 6) is 0. The SMILES string of the molecule is Cc1ccccc1CN1CCCN(c2nc3ccc([N+](=O)[O-])cc3s2)CC1. The van der Waals surface area contributed by atoms with Crippen molar-refractivity contribution in [3.05, 3.63) is 63.7 Å². The molecule has 1 aromatic heterocycles. The molecule has 1 aliphatic rings. The zero-order valence-corrected chi connectivity index (χ0v) is 16.1. The van der Waals surface area contributed by atoms with Gasteiger partial charge in [0.05, 0.1) is 15.1 Å². The third kappa shape index (κ3) is 3.94. The molecule has 27 heavy (non-hydrogen) atoms. The molecule has 7 heteroatoms. The highest BCUT2D eigenvalue weighted by Gasteiger charge is 2.19. The van der Waals surface area contributed by atoms with E-state index in [2.05, 4.69) is 41.0 Å². The molecule has 1 fully saturated rings. The zero-order chi connectivity index (χ0) is 18.8. The minimum atomic E-state index is -0.353. The van der Waals surface area contributed by atoms with Crippen LogP contribution in [0.1, 0.15) is 17.5 Å². The Hall–Kier alpha value is -2.51. The number of hydrogen-bond donors (Lipinski definition) is 0. The number of fused-ring (bicyclic) bond motifs is 1. The van der Waals surface area contributed by atoms with Gasteiger partial charge in [-0.3, -0.25) is 15.0 Å². The van der Waals surface area contributed by atoms with Gasteiger partial charge in [-0.1, -0.05) is 35.6 Å². The molecule has 140 valence electrons. The fourth-order valence-corrected chi connectivity index (χ4v) is 4.55. The minimum absolute atomic E-state index is 0.123. The molecule has 2 heterocycles. The van der Waals surface area contributed by atoms with Crippen LogP contribution < -0.4 is 4.90 Å². The smallest absolute Gasteiger partial charge is 0.270 e. The molecule has 0 radical (unpaired) electrons. The number of nitro benzene ring substituents is 1. The quantitative estimate of drug-likeness (QED) is 0.499. The number of hydrogen-bond acceptors (Lipinski definition) is 6. The molecule has 0 bridgehead atoms. The predicted octanol–water partition coefficient (Wildman–Crippen LogP) is 4.23. The van der Waals surface area contributed by atoms with Gasteiger partial charge in [-0.15, -0.1) is 0 Å². The van der Waals surface area contributed by atoms with E-state index >= 15 is 0 Å². The lowest BCUT2D eigenvalue weighted by Gasteiger charge is -2.22. The Morgan fingerprint density at radius 3 is 2.81 bits per heavy atom. The van der Waals surface area contributed by atoms with E-state index in [9.17, 15) is 10.1 Å². The standard InChI is InChI=1S/C20H22N4O2S/c1-15-5-2-3-6-16(15)14-22-9-4-10-23(12-11-22)20-21-18-8-7-17(24(25)26)13-19(18)27-20/h2-3,5-8,13H,4,9-12,14H2,1H3. The van der Waals surface area contributed by atoms with Crippen LogP contribution >= 0.6 is 11.3 Å². The lowest BCUT2D eigenvalue weighted by Crippen LogP contribution is -2.30. The molecule has 0 unspecified atom stereocenters. The van der Waals surface area contributed by atoms with E-state index in [1.807, 2.05) is 0 Å². The second kappa shape index (κ2) is 7.62. The molecule has 2 aromatic carbocycles. The van der Waals surface area contributed by atoms with Crippen LogP contribution in [0, 0.1) is 17.0 Å². The Balaban J connectivity index is 1.47.